The Bertz CT molecular complexity index is 230. The molecule has 0 aliphatic carbocycles. The molecule has 2 atom stereocenters. The van der Waals surface area contributed by atoms with E-state index < -0.39 is 0 Å². The largest absolute Gasteiger partial charge is 0.378 e. The van der Waals surface area contributed by atoms with Crippen molar-refractivity contribution in [2.45, 2.75) is 38.8 Å². The molecule has 2 saturated heterocycles. The Balaban J connectivity index is 1.60. The first-order chi connectivity index (χ1) is 8.75. The fourth-order valence-corrected chi connectivity index (χ4v) is 2.74. The highest BCUT2D eigenvalue weighted by atomic mass is 16.5. The van der Waals surface area contributed by atoms with E-state index in [1.54, 1.807) is 0 Å². The molecule has 2 aliphatic rings. The molecule has 4 nitrogen and oxygen atoms in total. The van der Waals surface area contributed by atoms with Crippen molar-refractivity contribution < 1.29 is 9.47 Å². The second-order valence-electron chi connectivity index (χ2n) is 5.83. The first kappa shape index (κ1) is 14.3. The monoisotopic (exact) mass is 256 g/mol. The summed E-state index contributed by atoms with van der Waals surface area (Å²) in [6.07, 6.45) is 2.85. The summed E-state index contributed by atoms with van der Waals surface area (Å²) in [5.41, 5.74) is 0. The van der Waals surface area contributed by atoms with Crippen molar-refractivity contribution in [1.82, 2.24) is 10.2 Å². The molecule has 106 valence electrons. The summed E-state index contributed by atoms with van der Waals surface area (Å²) in [6.45, 7) is 11.3. The van der Waals surface area contributed by atoms with Crippen LogP contribution in [0.3, 0.4) is 0 Å². The molecule has 0 radical (unpaired) electrons. The zero-order valence-corrected chi connectivity index (χ0v) is 11.9. The number of nitrogens with zero attached hydrogens (tertiary/aromatic N) is 1. The molecule has 2 aliphatic heterocycles. The van der Waals surface area contributed by atoms with Gasteiger partial charge in [0.05, 0.1) is 25.9 Å². The lowest BCUT2D eigenvalue weighted by molar-refractivity contribution is -0.0802. The fourth-order valence-electron chi connectivity index (χ4n) is 2.74. The van der Waals surface area contributed by atoms with Crippen LogP contribution in [0, 0.1) is 5.92 Å². The van der Waals surface area contributed by atoms with Gasteiger partial charge in [-0.3, -0.25) is 4.90 Å². The molecule has 0 spiro atoms. The van der Waals surface area contributed by atoms with Crippen molar-refractivity contribution in [3.63, 3.8) is 0 Å². The van der Waals surface area contributed by atoms with Gasteiger partial charge in [0.2, 0.25) is 0 Å². The number of hydrogen-bond donors (Lipinski definition) is 1. The Hall–Kier alpha value is -0.160. The van der Waals surface area contributed by atoms with E-state index in [1.807, 2.05) is 0 Å². The lowest BCUT2D eigenvalue weighted by Crippen LogP contribution is -2.47. The van der Waals surface area contributed by atoms with E-state index in [0.29, 0.717) is 12.0 Å². The third-order valence-electron chi connectivity index (χ3n) is 3.96. The van der Waals surface area contributed by atoms with Crippen molar-refractivity contribution in [2.24, 2.45) is 5.92 Å². The van der Waals surface area contributed by atoms with Gasteiger partial charge in [-0.05, 0) is 39.2 Å². The molecule has 2 unspecified atom stereocenters. The summed E-state index contributed by atoms with van der Waals surface area (Å²) < 4.78 is 11.6. The molecule has 0 amide bonds. The van der Waals surface area contributed by atoms with Gasteiger partial charge in [-0.2, -0.15) is 0 Å². The SMILES string of the molecule is CC(C)N1CCOC(COCC2CCCNC2)C1. The molecule has 4 heteroatoms. The van der Waals surface area contributed by atoms with E-state index in [4.69, 9.17) is 9.47 Å². The van der Waals surface area contributed by atoms with E-state index in [-0.39, 0.29) is 6.10 Å². The van der Waals surface area contributed by atoms with Gasteiger partial charge in [-0.25, -0.2) is 0 Å². The Morgan fingerprint density at radius 1 is 1.39 bits per heavy atom. The number of morpholine rings is 1. The number of nitrogens with one attached hydrogen (secondary N) is 1. The molecule has 18 heavy (non-hydrogen) atoms. The summed E-state index contributed by atoms with van der Waals surface area (Å²) in [6, 6.07) is 0.610. The predicted octanol–water partition coefficient (Wildman–Crippen LogP) is 1.11. The highest BCUT2D eigenvalue weighted by Gasteiger charge is 2.22. The normalized spacial score (nSPS) is 30.8. The minimum absolute atomic E-state index is 0.262. The summed E-state index contributed by atoms with van der Waals surface area (Å²) in [7, 11) is 0. The third kappa shape index (κ3) is 4.50. The lowest BCUT2D eigenvalue weighted by Gasteiger charge is -2.35. The number of piperidine rings is 1. The molecule has 0 saturated carbocycles. The molecule has 0 bridgehead atoms. The minimum atomic E-state index is 0.262. The number of ether oxygens (including phenoxy) is 2. The van der Waals surface area contributed by atoms with Gasteiger partial charge in [0, 0.05) is 25.7 Å². The van der Waals surface area contributed by atoms with Crippen molar-refractivity contribution in [2.75, 3.05) is 46.0 Å². The Labute approximate surface area is 111 Å². The highest BCUT2D eigenvalue weighted by molar-refractivity contribution is 4.74. The van der Waals surface area contributed by atoms with Crippen molar-refractivity contribution in [3.05, 3.63) is 0 Å². The standard InChI is InChI=1S/C14H28N2O2/c1-12(2)16-6-7-18-14(9-16)11-17-10-13-4-3-5-15-8-13/h12-15H,3-11H2,1-2H3. The molecule has 0 aromatic carbocycles. The van der Waals surface area contributed by atoms with Gasteiger partial charge in [0.15, 0.2) is 0 Å². The van der Waals surface area contributed by atoms with Crippen LogP contribution in [0.5, 0.6) is 0 Å². The summed E-state index contributed by atoms with van der Waals surface area (Å²) in [5.74, 6) is 0.698. The minimum Gasteiger partial charge on any atom is -0.378 e. The molecular weight excluding hydrogens is 228 g/mol. The van der Waals surface area contributed by atoms with Gasteiger partial charge in [-0.15, -0.1) is 0 Å². The zero-order chi connectivity index (χ0) is 12.8. The van der Waals surface area contributed by atoms with E-state index >= 15 is 0 Å². The second-order valence-corrected chi connectivity index (χ2v) is 5.83. The van der Waals surface area contributed by atoms with Crippen molar-refractivity contribution in [3.8, 4) is 0 Å². The Morgan fingerprint density at radius 3 is 3.00 bits per heavy atom. The molecule has 0 aromatic rings. The van der Waals surface area contributed by atoms with Crippen molar-refractivity contribution in [1.29, 1.82) is 0 Å². The molecule has 2 rings (SSSR count). The lowest BCUT2D eigenvalue weighted by atomic mass is 10.0. The Morgan fingerprint density at radius 2 is 2.28 bits per heavy atom. The molecule has 2 heterocycles. The summed E-state index contributed by atoms with van der Waals surface area (Å²) in [5, 5.41) is 3.43. The predicted molar refractivity (Wildman–Crippen MR) is 72.9 cm³/mol. The van der Waals surface area contributed by atoms with Crippen molar-refractivity contribution >= 4 is 0 Å². The third-order valence-corrected chi connectivity index (χ3v) is 3.96. The van der Waals surface area contributed by atoms with Crippen LogP contribution in [0.1, 0.15) is 26.7 Å². The maximum Gasteiger partial charge on any atom is 0.0935 e. The van der Waals surface area contributed by atoms with Crippen LogP contribution >= 0.6 is 0 Å². The second kappa shape index (κ2) is 7.43. The van der Waals surface area contributed by atoms with Crippen LogP contribution in [0.4, 0.5) is 0 Å². The van der Waals surface area contributed by atoms with E-state index in [0.717, 1.165) is 39.5 Å². The van der Waals surface area contributed by atoms with Gasteiger partial charge in [0.1, 0.15) is 0 Å². The van der Waals surface area contributed by atoms with Crippen LogP contribution in [0.15, 0.2) is 0 Å². The van der Waals surface area contributed by atoms with Gasteiger partial charge >= 0.3 is 0 Å². The molecular formula is C14H28N2O2. The van der Waals surface area contributed by atoms with Crippen LogP contribution in [0.25, 0.3) is 0 Å². The average molecular weight is 256 g/mol. The first-order valence-corrected chi connectivity index (χ1v) is 7.40. The molecule has 1 N–H and O–H groups in total. The van der Waals surface area contributed by atoms with Gasteiger partial charge in [0.25, 0.3) is 0 Å². The smallest absolute Gasteiger partial charge is 0.0935 e. The molecule has 0 aromatic heterocycles. The highest BCUT2D eigenvalue weighted by Crippen LogP contribution is 2.12. The number of rotatable bonds is 5. The van der Waals surface area contributed by atoms with Crippen LogP contribution in [-0.4, -0.2) is 63.0 Å². The van der Waals surface area contributed by atoms with E-state index in [1.165, 1.54) is 19.4 Å². The first-order valence-electron chi connectivity index (χ1n) is 7.40. The maximum absolute atomic E-state index is 5.85. The van der Waals surface area contributed by atoms with Crippen LogP contribution in [-0.2, 0) is 9.47 Å². The summed E-state index contributed by atoms with van der Waals surface area (Å²) in [4.78, 5) is 2.47. The van der Waals surface area contributed by atoms with Gasteiger partial charge < -0.3 is 14.8 Å². The average Bonchev–Trinajstić information content (AvgIpc) is 2.40. The topological polar surface area (TPSA) is 33.7 Å². The van der Waals surface area contributed by atoms with Crippen LogP contribution < -0.4 is 5.32 Å². The van der Waals surface area contributed by atoms with Crippen LogP contribution in [0.2, 0.25) is 0 Å². The maximum atomic E-state index is 5.85. The number of hydrogen-bond acceptors (Lipinski definition) is 4. The quantitative estimate of drug-likeness (QED) is 0.799. The van der Waals surface area contributed by atoms with E-state index in [2.05, 4.69) is 24.1 Å². The zero-order valence-electron chi connectivity index (χ0n) is 11.9. The van der Waals surface area contributed by atoms with Gasteiger partial charge in [-0.1, -0.05) is 0 Å². The molecule has 2 fully saturated rings. The fraction of sp³-hybridized carbons (Fsp3) is 1.00. The Kier molecular flexibility index (Phi) is 5.89. The van der Waals surface area contributed by atoms with E-state index in [9.17, 15) is 0 Å². The summed E-state index contributed by atoms with van der Waals surface area (Å²) >= 11 is 0.